The fraction of sp³-hybridized carbons (Fsp3) is 0.154. The van der Waals surface area contributed by atoms with Crippen molar-refractivity contribution in [1.29, 1.82) is 0 Å². The lowest BCUT2D eigenvalue weighted by molar-refractivity contribution is 0.728. The molecular formula is C13H11ClN2. The molecule has 2 nitrogen and oxygen atoms in total. The van der Waals surface area contributed by atoms with Crippen molar-refractivity contribution in [2.75, 3.05) is 0 Å². The molecule has 1 aliphatic carbocycles. The van der Waals surface area contributed by atoms with Gasteiger partial charge in [0.2, 0.25) is 0 Å². The van der Waals surface area contributed by atoms with Crippen LogP contribution in [-0.2, 0) is 0 Å². The van der Waals surface area contributed by atoms with Crippen LogP contribution in [0.3, 0.4) is 0 Å². The molecule has 0 N–H and O–H groups in total. The Balaban J connectivity index is 2.09. The summed E-state index contributed by atoms with van der Waals surface area (Å²) in [6.45, 7) is 2.04. The van der Waals surface area contributed by atoms with E-state index < -0.39 is 0 Å². The number of amidine groups is 1. The first-order valence-corrected chi connectivity index (χ1v) is 5.66. The van der Waals surface area contributed by atoms with Crippen LogP contribution in [0, 0.1) is 0 Å². The van der Waals surface area contributed by atoms with Gasteiger partial charge >= 0.3 is 0 Å². The minimum absolute atomic E-state index is 0.0791. The molecule has 16 heavy (non-hydrogen) atoms. The standard InChI is InChI=1S/C13H11ClN2/c1-9-6-11(14)10-8-16-5-3-2-4-13(16)15-12(10)7-9/h2-8,11H,1H3. The molecule has 0 aromatic heterocycles. The Morgan fingerprint density at radius 2 is 2.25 bits per heavy atom. The second-order valence-electron chi connectivity index (χ2n) is 4.00. The minimum atomic E-state index is -0.0791. The molecule has 3 aliphatic rings. The van der Waals surface area contributed by atoms with Gasteiger partial charge in [-0.3, -0.25) is 0 Å². The molecule has 0 aromatic carbocycles. The van der Waals surface area contributed by atoms with Gasteiger partial charge in [0.1, 0.15) is 5.84 Å². The van der Waals surface area contributed by atoms with Gasteiger partial charge in [-0.1, -0.05) is 17.7 Å². The van der Waals surface area contributed by atoms with E-state index in [2.05, 4.69) is 17.3 Å². The highest BCUT2D eigenvalue weighted by Crippen LogP contribution is 2.32. The van der Waals surface area contributed by atoms with Crippen molar-refractivity contribution in [2.24, 2.45) is 4.99 Å². The maximum Gasteiger partial charge on any atom is 0.137 e. The largest absolute Gasteiger partial charge is 0.308 e. The second-order valence-corrected chi connectivity index (χ2v) is 4.47. The SMILES string of the molecule is CC1=CC(Cl)C2=CN3C=CC=CC3=NC2=C1. The number of fused-ring (bicyclic) bond motifs is 2. The van der Waals surface area contributed by atoms with Crippen LogP contribution < -0.4 is 0 Å². The Morgan fingerprint density at radius 1 is 1.38 bits per heavy atom. The van der Waals surface area contributed by atoms with Crippen molar-refractivity contribution in [3.8, 4) is 0 Å². The third kappa shape index (κ3) is 1.46. The molecule has 0 saturated carbocycles. The fourth-order valence-electron chi connectivity index (χ4n) is 1.97. The summed E-state index contributed by atoms with van der Waals surface area (Å²) in [6, 6.07) is 0. The molecule has 0 fully saturated rings. The Labute approximate surface area is 99.6 Å². The van der Waals surface area contributed by atoms with Gasteiger partial charge in [0.05, 0.1) is 11.1 Å². The van der Waals surface area contributed by atoms with E-state index in [1.807, 2.05) is 42.3 Å². The first kappa shape index (κ1) is 9.67. The number of aliphatic imine (C=N–C) groups is 1. The minimum Gasteiger partial charge on any atom is -0.308 e. The molecule has 80 valence electrons. The predicted molar refractivity (Wildman–Crippen MR) is 67.1 cm³/mol. The molecular weight excluding hydrogens is 220 g/mol. The van der Waals surface area contributed by atoms with Gasteiger partial charge in [0, 0.05) is 18.0 Å². The number of halogens is 1. The Kier molecular flexibility index (Phi) is 2.11. The van der Waals surface area contributed by atoms with Crippen LogP contribution in [0.25, 0.3) is 0 Å². The maximum atomic E-state index is 6.29. The van der Waals surface area contributed by atoms with Gasteiger partial charge in [-0.2, -0.15) is 0 Å². The van der Waals surface area contributed by atoms with Crippen LogP contribution in [0.4, 0.5) is 0 Å². The summed E-state index contributed by atoms with van der Waals surface area (Å²) in [5, 5.41) is -0.0791. The third-order valence-corrected chi connectivity index (χ3v) is 3.11. The molecule has 1 atom stereocenters. The summed E-state index contributed by atoms with van der Waals surface area (Å²) in [5.74, 6) is 0.941. The molecule has 0 bridgehead atoms. The van der Waals surface area contributed by atoms with Gasteiger partial charge in [-0.25, -0.2) is 4.99 Å². The molecule has 0 radical (unpaired) electrons. The molecule has 0 aromatic rings. The van der Waals surface area contributed by atoms with Crippen molar-refractivity contribution >= 4 is 17.4 Å². The first-order chi connectivity index (χ1) is 7.74. The summed E-state index contributed by atoms with van der Waals surface area (Å²) >= 11 is 6.29. The van der Waals surface area contributed by atoms with Gasteiger partial charge in [0.25, 0.3) is 0 Å². The van der Waals surface area contributed by atoms with Gasteiger partial charge in [-0.05, 0) is 25.2 Å². The number of alkyl halides is 1. The molecule has 0 saturated heterocycles. The van der Waals surface area contributed by atoms with E-state index in [1.54, 1.807) is 0 Å². The highest BCUT2D eigenvalue weighted by molar-refractivity contribution is 6.24. The van der Waals surface area contributed by atoms with Crippen LogP contribution in [0.5, 0.6) is 0 Å². The molecule has 3 rings (SSSR count). The number of nitrogens with zero attached hydrogens (tertiary/aromatic N) is 2. The van der Waals surface area contributed by atoms with Crippen molar-refractivity contribution in [3.05, 3.63) is 59.6 Å². The monoisotopic (exact) mass is 230 g/mol. The second kappa shape index (κ2) is 3.49. The van der Waals surface area contributed by atoms with Crippen molar-refractivity contribution in [2.45, 2.75) is 12.3 Å². The van der Waals surface area contributed by atoms with Crippen molar-refractivity contribution in [1.82, 2.24) is 4.90 Å². The number of allylic oxidation sites excluding steroid dienone is 6. The fourth-order valence-corrected chi connectivity index (χ4v) is 2.33. The van der Waals surface area contributed by atoms with Crippen molar-refractivity contribution < 1.29 is 0 Å². The number of rotatable bonds is 0. The lowest BCUT2D eigenvalue weighted by atomic mass is 9.99. The topological polar surface area (TPSA) is 15.6 Å². The van der Waals surface area contributed by atoms with E-state index in [0.717, 1.165) is 17.1 Å². The molecule has 1 unspecified atom stereocenters. The first-order valence-electron chi connectivity index (χ1n) is 5.22. The van der Waals surface area contributed by atoms with E-state index in [-0.39, 0.29) is 5.38 Å². The highest BCUT2D eigenvalue weighted by Gasteiger charge is 2.23. The zero-order valence-corrected chi connectivity index (χ0v) is 9.65. The van der Waals surface area contributed by atoms with Crippen LogP contribution in [0.2, 0.25) is 0 Å². The normalized spacial score (nSPS) is 26.4. The summed E-state index contributed by atoms with van der Waals surface area (Å²) in [7, 11) is 0. The average Bonchev–Trinajstić information content (AvgIpc) is 2.27. The van der Waals surface area contributed by atoms with Crippen LogP contribution >= 0.6 is 11.6 Å². The van der Waals surface area contributed by atoms with E-state index >= 15 is 0 Å². The zero-order chi connectivity index (χ0) is 11.1. The Morgan fingerprint density at radius 3 is 3.12 bits per heavy atom. The Bertz CT molecular complexity index is 518. The summed E-state index contributed by atoms with van der Waals surface area (Å²) in [5.41, 5.74) is 3.21. The van der Waals surface area contributed by atoms with E-state index in [0.29, 0.717) is 0 Å². The lowest BCUT2D eigenvalue weighted by Crippen LogP contribution is -2.26. The van der Waals surface area contributed by atoms with Gasteiger partial charge in [-0.15, -0.1) is 11.6 Å². The molecule has 2 heterocycles. The van der Waals surface area contributed by atoms with Crippen LogP contribution in [0.15, 0.2) is 64.6 Å². The molecule has 0 spiro atoms. The summed E-state index contributed by atoms with van der Waals surface area (Å²) < 4.78 is 0. The lowest BCUT2D eigenvalue weighted by Gasteiger charge is -2.28. The smallest absolute Gasteiger partial charge is 0.137 e. The van der Waals surface area contributed by atoms with E-state index in [9.17, 15) is 0 Å². The predicted octanol–water partition coefficient (Wildman–Crippen LogP) is 3.12. The molecule has 0 amide bonds. The van der Waals surface area contributed by atoms with Crippen molar-refractivity contribution in [3.63, 3.8) is 0 Å². The van der Waals surface area contributed by atoms with Crippen LogP contribution in [0.1, 0.15) is 6.92 Å². The van der Waals surface area contributed by atoms with E-state index in [4.69, 9.17) is 11.6 Å². The number of hydrogen-bond donors (Lipinski definition) is 0. The highest BCUT2D eigenvalue weighted by atomic mass is 35.5. The maximum absolute atomic E-state index is 6.29. The van der Waals surface area contributed by atoms with Gasteiger partial charge < -0.3 is 4.90 Å². The molecule has 2 aliphatic heterocycles. The van der Waals surface area contributed by atoms with E-state index in [1.165, 1.54) is 5.57 Å². The summed E-state index contributed by atoms with van der Waals surface area (Å²) in [6.07, 6.45) is 14.1. The molecule has 3 heteroatoms. The third-order valence-electron chi connectivity index (χ3n) is 2.75. The zero-order valence-electron chi connectivity index (χ0n) is 8.89. The average molecular weight is 231 g/mol. The number of hydrogen-bond acceptors (Lipinski definition) is 2. The summed E-state index contributed by atoms with van der Waals surface area (Å²) in [4.78, 5) is 6.60. The van der Waals surface area contributed by atoms with Gasteiger partial charge in [0.15, 0.2) is 0 Å². The Hall–Kier alpha value is -1.54. The van der Waals surface area contributed by atoms with Crippen LogP contribution in [-0.4, -0.2) is 16.1 Å². The quantitative estimate of drug-likeness (QED) is 0.584.